The van der Waals surface area contributed by atoms with Gasteiger partial charge in [-0.3, -0.25) is 4.79 Å². The molecule has 1 aromatic rings. The van der Waals surface area contributed by atoms with Gasteiger partial charge in [0.05, 0.1) is 25.4 Å². The zero-order chi connectivity index (χ0) is 18.9. The van der Waals surface area contributed by atoms with Gasteiger partial charge < -0.3 is 19.7 Å². The monoisotopic (exact) mass is 360 g/mol. The van der Waals surface area contributed by atoms with E-state index in [1.165, 1.54) is 11.1 Å². The molecule has 0 aliphatic carbocycles. The van der Waals surface area contributed by atoms with Gasteiger partial charge in [0.25, 0.3) is 0 Å². The van der Waals surface area contributed by atoms with Crippen molar-refractivity contribution in [3.05, 3.63) is 41.5 Å². The molecule has 2 rings (SSSR count). The molecule has 1 heterocycles. The third kappa shape index (κ3) is 6.81. The second-order valence-electron chi connectivity index (χ2n) is 7.25. The predicted molar refractivity (Wildman–Crippen MR) is 106 cm³/mol. The summed E-state index contributed by atoms with van der Waals surface area (Å²) in [5.74, 6) is 0.0491. The highest BCUT2D eigenvalue weighted by Gasteiger charge is 2.27. The van der Waals surface area contributed by atoms with Gasteiger partial charge in [-0.2, -0.15) is 0 Å². The predicted octanol–water partition coefficient (Wildman–Crippen LogP) is 2.94. The van der Waals surface area contributed by atoms with E-state index in [0.717, 1.165) is 18.5 Å². The Bertz CT molecular complexity index is 592. The van der Waals surface area contributed by atoms with E-state index in [4.69, 9.17) is 9.47 Å². The Balaban J connectivity index is 1.80. The summed E-state index contributed by atoms with van der Waals surface area (Å²) in [7, 11) is 4.04. The van der Waals surface area contributed by atoms with E-state index < -0.39 is 0 Å². The topological polar surface area (TPSA) is 50.8 Å². The molecule has 1 saturated heterocycles. The minimum Gasteiger partial charge on any atom is -0.379 e. The van der Waals surface area contributed by atoms with Crippen molar-refractivity contribution in [3.8, 4) is 0 Å². The van der Waals surface area contributed by atoms with E-state index in [9.17, 15) is 4.79 Å². The van der Waals surface area contributed by atoms with Crippen LogP contribution in [0.15, 0.2) is 35.9 Å². The zero-order valence-electron chi connectivity index (χ0n) is 16.5. The average Bonchev–Trinajstić information content (AvgIpc) is 2.61. The quantitative estimate of drug-likeness (QED) is 0.724. The Morgan fingerprint density at radius 2 is 2.04 bits per heavy atom. The van der Waals surface area contributed by atoms with Crippen LogP contribution in [0.2, 0.25) is 0 Å². The molecule has 26 heavy (non-hydrogen) atoms. The summed E-state index contributed by atoms with van der Waals surface area (Å²) in [4.78, 5) is 14.4. The molecule has 1 aromatic carbocycles. The van der Waals surface area contributed by atoms with Gasteiger partial charge >= 0.3 is 0 Å². The Labute approximate surface area is 157 Å². The maximum Gasteiger partial charge on any atom is 0.220 e. The number of rotatable bonds is 8. The second kappa shape index (κ2) is 10.3. The molecule has 1 amide bonds. The molecule has 0 aromatic heterocycles. The highest BCUT2D eigenvalue weighted by atomic mass is 16.5. The molecule has 2 atom stereocenters. The number of hydrogen-bond donors (Lipinski definition) is 1. The van der Waals surface area contributed by atoms with Gasteiger partial charge in [-0.05, 0) is 44.4 Å². The Hall–Kier alpha value is -1.85. The second-order valence-corrected chi connectivity index (χ2v) is 7.25. The Kier molecular flexibility index (Phi) is 8.13. The highest BCUT2D eigenvalue weighted by Crippen LogP contribution is 2.15. The lowest BCUT2D eigenvalue weighted by molar-refractivity contribution is -0.125. The van der Waals surface area contributed by atoms with E-state index in [-0.39, 0.29) is 18.1 Å². The fourth-order valence-electron chi connectivity index (χ4n) is 2.89. The summed E-state index contributed by atoms with van der Waals surface area (Å²) >= 11 is 0. The molecular formula is C21H32N2O3. The smallest absolute Gasteiger partial charge is 0.220 e. The van der Waals surface area contributed by atoms with Crippen LogP contribution in [-0.4, -0.2) is 52.0 Å². The van der Waals surface area contributed by atoms with E-state index in [0.29, 0.717) is 26.2 Å². The number of ether oxygens (including phenoxy) is 2. The van der Waals surface area contributed by atoms with Crippen molar-refractivity contribution in [2.24, 2.45) is 0 Å². The first-order valence-electron chi connectivity index (χ1n) is 9.34. The molecule has 5 nitrogen and oxygen atoms in total. The van der Waals surface area contributed by atoms with Crippen LogP contribution in [0.25, 0.3) is 0 Å². The molecule has 0 bridgehead atoms. The third-order valence-electron chi connectivity index (χ3n) is 4.53. The minimum absolute atomic E-state index is 0.0164. The lowest BCUT2D eigenvalue weighted by atomic mass is 10.1. The Morgan fingerprint density at radius 1 is 1.31 bits per heavy atom. The van der Waals surface area contributed by atoms with Crippen molar-refractivity contribution < 1.29 is 14.3 Å². The van der Waals surface area contributed by atoms with Gasteiger partial charge in [0, 0.05) is 32.8 Å². The molecule has 5 heteroatoms. The number of carbonyl (C=O) groups excluding carboxylic acids is 1. The molecule has 0 radical (unpaired) electrons. The summed E-state index contributed by atoms with van der Waals surface area (Å²) in [5.41, 5.74) is 3.56. The summed E-state index contributed by atoms with van der Waals surface area (Å²) in [6.07, 6.45) is 4.09. The standard InChI is InChI=1S/C21H32N2O3/c1-16(2)11-14-26-20-12-13-25-15-19(20)22-21(24)10-7-17-5-8-18(9-6-17)23(3)4/h5-6,8-9,11,19-20H,7,10,12-15H2,1-4H3,(H,22,24)/t19-,20+/m0/s1. The van der Waals surface area contributed by atoms with Crippen LogP contribution in [0.1, 0.15) is 32.3 Å². The van der Waals surface area contributed by atoms with Crippen LogP contribution in [0.3, 0.4) is 0 Å². The summed E-state index contributed by atoms with van der Waals surface area (Å²) in [6.45, 7) is 5.89. The first-order chi connectivity index (χ1) is 12.5. The Morgan fingerprint density at radius 3 is 2.69 bits per heavy atom. The van der Waals surface area contributed by atoms with Crippen LogP contribution in [0.5, 0.6) is 0 Å². The number of nitrogens with one attached hydrogen (secondary N) is 1. The number of hydrogen-bond acceptors (Lipinski definition) is 4. The molecule has 0 spiro atoms. The van der Waals surface area contributed by atoms with Crippen molar-refractivity contribution >= 4 is 11.6 Å². The maximum atomic E-state index is 12.3. The van der Waals surface area contributed by atoms with E-state index in [1.54, 1.807) is 0 Å². The van der Waals surface area contributed by atoms with Crippen molar-refractivity contribution in [1.82, 2.24) is 5.32 Å². The minimum atomic E-state index is -0.0714. The molecule has 0 saturated carbocycles. The van der Waals surface area contributed by atoms with Crippen LogP contribution in [0, 0.1) is 0 Å². The van der Waals surface area contributed by atoms with E-state index in [2.05, 4.69) is 54.4 Å². The molecule has 0 unspecified atom stereocenters. The molecule has 1 N–H and O–H groups in total. The number of aryl methyl sites for hydroxylation is 1. The lowest BCUT2D eigenvalue weighted by Crippen LogP contribution is -2.50. The molecule has 1 aliphatic heterocycles. The van der Waals surface area contributed by atoms with Crippen molar-refractivity contribution in [2.75, 3.05) is 38.8 Å². The molecule has 1 fully saturated rings. The first kappa shape index (κ1) is 20.5. The van der Waals surface area contributed by atoms with Crippen LogP contribution in [0.4, 0.5) is 5.69 Å². The van der Waals surface area contributed by atoms with Crippen LogP contribution in [-0.2, 0) is 20.7 Å². The molecule has 1 aliphatic rings. The number of nitrogens with zero attached hydrogens (tertiary/aromatic N) is 1. The summed E-state index contributed by atoms with van der Waals surface area (Å²) in [5, 5.41) is 3.09. The normalized spacial score (nSPS) is 19.7. The maximum absolute atomic E-state index is 12.3. The number of allylic oxidation sites excluding steroid dienone is 1. The largest absolute Gasteiger partial charge is 0.379 e. The fourth-order valence-corrected chi connectivity index (χ4v) is 2.89. The zero-order valence-corrected chi connectivity index (χ0v) is 16.5. The average molecular weight is 360 g/mol. The van der Waals surface area contributed by atoms with Crippen molar-refractivity contribution in [2.45, 2.75) is 45.3 Å². The first-order valence-corrected chi connectivity index (χ1v) is 9.34. The highest BCUT2D eigenvalue weighted by molar-refractivity contribution is 5.76. The van der Waals surface area contributed by atoms with E-state index in [1.807, 2.05) is 14.1 Å². The van der Waals surface area contributed by atoms with Crippen LogP contribution >= 0.6 is 0 Å². The number of benzene rings is 1. The third-order valence-corrected chi connectivity index (χ3v) is 4.53. The molecule has 144 valence electrons. The lowest BCUT2D eigenvalue weighted by Gasteiger charge is -2.32. The van der Waals surface area contributed by atoms with Gasteiger partial charge in [0.15, 0.2) is 0 Å². The van der Waals surface area contributed by atoms with Crippen molar-refractivity contribution in [1.29, 1.82) is 0 Å². The van der Waals surface area contributed by atoms with Gasteiger partial charge in [-0.25, -0.2) is 0 Å². The van der Waals surface area contributed by atoms with Crippen LogP contribution < -0.4 is 10.2 Å². The number of amides is 1. The number of carbonyl (C=O) groups is 1. The van der Waals surface area contributed by atoms with Gasteiger partial charge in [0.1, 0.15) is 0 Å². The van der Waals surface area contributed by atoms with Gasteiger partial charge in [-0.15, -0.1) is 0 Å². The fraction of sp³-hybridized carbons (Fsp3) is 0.571. The summed E-state index contributed by atoms with van der Waals surface area (Å²) < 4.78 is 11.5. The van der Waals surface area contributed by atoms with Gasteiger partial charge in [0.2, 0.25) is 5.91 Å². The SMILES string of the molecule is CC(C)=CCO[C@@H]1CCOC[C@@H]1NC(=O)CCc1ccc(N(C)C)cc1. The summed E-state index contributed by atoms with van der Waals surface area (Å²) in [6, 6.07) is 8.25. The molecular weight excluding hydrogens is 328 g/mol. The van der Waals surface area contributed by atoms with Gasteiger partial charge in [-0.1, -0.05) is 23.8 Å². The van der Waals surface area contributed by atoms with Crippen molar-refractivity contribution in [3.63, 3.8) is 0 Å². The van der Waals surface area contributed by atoms with E-state index >= 15 is 0 Å². The number of anilines is 1.